The minimum Gasteiger partial charge on any atom is -0.388 e. The van der Waals surface area contributed by atoms with Crippen molar-refractivity contribution in [2.24, 2.45) is 0 Å². The van der Waals surface area contributed by atoms with E-state index in [4.69, 9.17) is 4.74 Å². The topological polar surface area (TPSA) is 58.6 Å². The molecule has 116 valence electrons. The number of hydrogen-bond acceptors (Lipinski definition) is 3. The normalized spacial score (nSPS) is 18.3. The van der Waals surface area contributed by atoms with Crippen molar-refractivity contribution < 1.29 is 19.0 Å². The van der Waals surface area contributed by atoms with E-state index in [1.165, 1.54) is 12.1 Å². The van der Waals surface area contributed by atoms with Crippen molar-refractivity contribution in [1.29, 1.82) is 0 Å². The van der Waals surface area contributed by atoms with E-state index in [1.807, 2.05) is 0 Å². The maximum atomic E-state index is 13.0. The highest BCUT2D eigenvalue weighted by Crippen LogP contribution is 2.25. The molecule has 1 heterocycles. The minimum absolute atomic E-state index is 0.186. The molecule has 0 unspecified atom stereocenters. The average Bonchev–Trinajstić information content (AvgIpc) is 2.46. The molecule has 5 heteroatoms. The summed E-state index contributed by atoms with van der Waals surface area (Å²) in [6.45, 7) is 4.79. The van der Waals surface area contributed by atoms with E-state index in [0.29, 0.717) is 26.1 Å². The van der Waals surface area contributed by atoms with Crippen LogP contribution in [-0.2, 0) is 14.9 Å². The molecule has 2 N–H and O–H groups in total. The van der Waals surface area contributed by atoms with Gasteiger partial charge in [-0.25, -0.2) is 4.39 Å². The quantitative estimate of drug-likeness (QED) is 0.890. The van der Waals surface area contributed by atoms with E-state index in [0.717, 1.165) is 5.56 Å². The Morgan fingerprint density at radius 1 is 1.33 bits per heavy atom. The van der Waals surface area contributed by atoms with Crippen molar-refractivity contribution in [2.45, 2.75) is 37.7 Å². The number of rotatable bonds is 4. The van der Waals surface area contributed by atoms with Crippen molar-refractivity contribution in [2.75, 3.05) is 19.8 Å². The van der Waals surface area contributed by atoms with E-state index < -0.39 is 11.0 Å². The highest BCUT2D eigenvalue weighted by molar-refractivity contribution is 5.87. The maximum absolute atomic E-state index is 13.0. The number of amides is 1. The van der Waals surface area contributed by atoms with Crippen molar-refractivity contribution in [3.63, 3.8) is 0 Å². The Morgan fingerprint density at radius 2 is 1.90 bits per heavy atom. The van der Waals surface area contributed by atoms with Gasteiger partial charge in [0, 0.05) is 32.6 Å². The van der Waals surface area contributed by atoms with E-state index in [1.54, 1.807) is 26.0 Å². The fraction of sp³-hybridized carbons (Fsp3) is 0.562. The first kappa shape index (κ1) is 15.9. The Morgan fingerprint density at radius 3 is 2.48 bits per heavy atom. The number of carbonyl (C=O) groups is 1. The number of ether oxygens (including phenoxy) is 1. The SMILES string of the molecule is CC(C)(C(=O)NCC1(O)CCOCC1)c1ccc(F)cc1. The third kappa shape index (κ3) is 3.80. The van der Waals surface area contributed by atoms with Crippen LogP contribution in [0.1, 0.15) is 32.3 Å². The van der Waals surface area contributed by atoms with Crippen LogP contribution in [-0.4, -0.2) is 36.4 Å². The van der Waals surface area contributed by atoms with Gasteiger partial charge in [-0.1, -0.05) is 12.1 Å². The van der Waals surface area contributed by atoms with Crippen molar-refractivity contribution in [3.8, 4) is 0 Å². The summed E-state index contributed by atoms with van der Waals surface area (Å²) in [4.78, 5) is 12.4. The van der Waals surface area contributed by atoms with Crippen LogP contribution in [0.25, 0.3) is 0 Å². The second-order valence-corrected chi connectivity index (χ2v) is 6.15. The fourth-order valence-electron chi connectivity index (χ4n) is 2.39. The van der Waals surface area contributed by atoms with Gasteiger partial charge in [-0.15, -0.1) is 0 Å². The summed E-state index contributed by atoms with van der Waals surface area (Å²) in [6, 6.07) is 5.91. The second kappa shape index (κ2) is 6.12. The third-order valence-electron chi connectivity index (χ3n) is 4.14. The van der Waals surface area contributed by atoms with Crippen LogP contribution in [0, 0.1) is 5.82 Å². The number of nitrogens with one attached hydrogen (secondary N) is 1. The molecule has 21 heavy (non-hydrogen) atoms. The van der Waals surface area contributed by atoms with E-state index in [2.05, 4.69) is 5.32 Å². The first-order valence-electron chi connectivity index (χ1n) is 7.18. The van der Waals surface area contributed by atoms with Crippen LogP contribution < -0.4 is 5.32 Å². The molecule has 0 aromatic heterocycles. The van der Waals surface area contributed by atoms with Crippen LogP contribution in [0.4, 0.5) is 4.39 Å². The minimum atomic E-state index is -0.896. The van der Waals surface area contributed by atoms with Crippen LogP contribution in [0.15, 0.2) is 24.3 Å². The monoisotopic (exact) mass is 295 g/mol. The van der Waals surface area contributed by atoms with Gasteiger partial charge in [-0.3, -0.25) is 4.79 Å². The zero-order valence-corrected chi connectivity index (χ0v) is 12.5. The van der Waals surface area contributed by atoms with Gasteiger partial charge in [0.05, 0.1) is 11.0 Å². The molecule has 0 atom stereocenters. The molecule has 2 rings (SSSR count). The molecule has 1 saturated heterocycles. The molecular formula is C16H22FNO3. The molecule has 0 saturated carbocycles. The van der Waals surface area contributed by atoms with E-state index in [9.17, 15) is 14.3 Å². The molecule has 0 bridgehead atoms. The molecule has 1 amide bonds. The summed E-state index contributed by atoms with van der Waals surface area (Å²) >= 11 is 0. The molecule has 4 nitrogen and oxygen atoms in total. The predicted octanol–water partition coefficient (Wildman–Crippen LogP) is 1.76. The van der Waals surface area contributed by atoms with Gasteiger partial charge >= 0.3 is 0 Å². The van der Waals surface area contributed by atoms with Gasteiger partial charge in [-0.2, -0.15) is 0 Å². The summed E-state index contributed by atoms with van der Waals surface area (Å²) in [7, 11) is 0. The number of benzene rings is 1. The Bertz CT molecular complexity index is 493. The Kier molecular flexibility index (Phi) is 4.64. The zero-order chi connectivity index (χ0) is 15.5. The third-order valence-corrected chi connectivity index (χ3v) is 4.14. The number of carbonyl (C=O) groups excluding carboxylic acids is 1. The Hall–Kier alpha value is -1.46. The lowest BCUT2D eigenvalue weighted by atomic mass is 9.83. The van der Waals surface area contributed by atoms with Gasteiger partial charge in [-0.05, 0) is 31.5 Å². The Labute approximate surface area is 124 Å². The zero-order valence-electron chi connectivity index (χ0n) is 12.5. The molecular weight excluding hydrogens is 273 g/mol. The summed E-state index contributed by atoms with van der Waals surface area (Å²) in [5, 5.41) is 13.2. The highest BCUT2D eigenvalue weighted by Gasteiger charge is 2.34. The lowest BCUT2D eigenvalue weighted by Gasteiger charge is -2.33. The van der Waals surface area contributed by atoms with Crippen LogP contribution in [0.5, 0.6) is 0 Å². The summed E-state index contributed by atoms with van der Waals surface area (Å²) in [5.74, 6) is -0.513. The lowest BCUT2D eigenvalue weighted by molar-refractivity contribution is -0.128. The Balaban J connectivity index is 1.99. The number of hydrogen-bond donors (Lipinski definition) is 2. The van der Waals surface area contributed by atoms with Crippen LogP contribution in [0.2, 0.25) is 0 Å². The van der Waals surface area contributed by atoms with Gasteiger partial charge in [0.2, 0.25) is 5.91 Å². The van der Waals surface area contributed by atoms with Gasteiger partial charge in [0.1, 0.15) is 5.82 Å². The lowest BCUT2D eigenvalue weighted by Crippen LogP contribution is -2.50. The first-order valence-corrected chi connectivity index (χ1v) is 7.18. The maximum Gasteiger partial charge on any atom is 0.230 e. The predicted molar refractivity (Wildman–Crippen MR) is 77.4 cm³/mol. The van der Waals surface area contributed by atoms with Crippen LogP contribution in [0.3, 0.4) is 0 Å². The summed E-state index contributed by atoms with van der Waals surface area (Å²) in [6.07, 6.45) is 1.04. The van der Waals surface area contributed by atoms with E-state index in [-0.39, 0.29) is 18.3 Å². The summed E-state index contributed by atoms with van der Waals surface area (Å²) < 4.78 is 18.2. The largest absolute Gasteiger partial charge is 0.388 e. The van der Waals surface area contributed by atoms with Crippen LogP contribution >= 0.6 is 0 Å². The number of halogens is 1. The standard InChI is InChI=1S/C16H22FNO3/c1-15(2,12-3-5-13(17)6-4-12)14(19)18-11-16(20)7-9-21-10-8-16/h3-6,20H,7-11H2,1-2H3,(H,18,19). The molecule has 0 spiro atoms. The van der Waals surface area contributed by atoms with Crippen molar-refractivity contribution >= 4 is 5.91 Å². The molecule has 0 radical (unpaired) electrons. The first-order chi connectivity index (χ1) is 9.83. The number of aliphatic hydroxyl groups is 1. The molecule has 1 aliphatic heterocycles. The molecule has 1 fully saturated rings. The highest BCUT2D eigenvalue weighted by atomic mass is 19.1. The van der Waals surface area contributed by atoms with E-state index >= 15 is 0 Å². The second-order valence-electron chi connectivity index (χ2n) is 6.15. The van der Waals surface area contributed by atoms with Gasteiger partial charge in [0.15, 0.2) is 0 Å². The molecule has 0 aliphatic carbocycles. The molecule has 1 aromatic carbocycles. The molecule has 1 aromatic rings. The van der Waals surface area contributed by atoms with Gasteiger partial charge in [0.25, 0.3) is 0 Å². The average molecular weight is 295 g/mol. The smallest absolute Gasteiger partial charge is 0.230 e. The summed E-state index contributed by atoms with van der Waals surface area (Å²) in [5.41, 5.74) is -0.942. The van der Waals surface area contributed by atoms with Crippen molar-refractivity contribution in [1.82, 2.24) is 5.32 Å². The van der Waals surface area contributed by atoms with Crippen molar-refractivity contribution in [3.05, 3.63) is 35.6 Å². The van der Waals surface area contributed by atoms with Gasteiger partial charge < -0.3 is 15.2 Å². The molecule has 1 aliphatic rings. The fourth-order valence-corrected chi connectivity index (χ4v) is 2.39.